The minimum Gasteiger partial charge on any atom is -0.456 e. The van der Waals surface area contributed by atoms with E-state index in [9.17, 15) is 0 Å². The fourth-order valence-electron chi connectivity index (χ4n) is 1.90. The van der Waals surface area contributed by atoms with E-state index >= 15 is 0 Å². The Morgan fingerprint density at radius 2 is 1.60 bits per heavy atom. The van der Waals surface area contributed by atoms with Gasteiger partial charge in [-0.3, -0.25) is 0 Å². The Balaban J connectivity index is 2.30. The maximum absolute atomic E-state index is 8.66. The molecular weight excluding hydrogens is 243 g/mol. The smallest absolute Gasteiger partial charge is 0.135 e. The molecule has 0 spiro atoms. The topological polar surface area (TPSA) is 13.1 Å². The summed E-state index contributed by atoms with van der Waals surface area (Å²) in [7, 11) is 5.69. The van der Waals surface area contributed by atoms with Crippen molar-refractivity contribution in [3.63, 3.8) is 0 Å². The molecule has 20 heavy (non-hydrogen) atoms. The number of furan rings is 1. The summed E-state index contributed by atoms with van der Waals surface area (Å²) >= 11 is 0. The van der Waals surface area contributed by atoms with Crippen LogP contribution >= 0.6 is 0 Å². The number of fused-ring (bicyclic) bond motifs is 3. The van der Waals surface area contributed by atoms with Crippen LogP contribution in [0.2, 0.25) is 0 Å². The van der Waals surface area contributed by atoms with Crippen LogP contribution in [0.25, 0.3) is 33.1 Å². The average molecular weight is 265 g/mol. The molecule has 2 heteroatoms. The number of hydrogen-bond acceptors (Lipinski definition) is 1. The van der Waals surface area contributed by atoms with Crippen LogP contribution in [-0.4, -0.2) is 7.85 Å². The lowest BCUT2D eigenvalue weighted by atomic mass is 9.95. The molecule has 4 aromatic rings. The molecule has 0 amide bonds. The molecule has 0 saturated heterocycles. The normalized spacial score (nSPS) is 18.9. The van der Waals surface area contributed by atoms with Crippen molar-refractivity contribution in [3.8, 4) is 11.1 Å². The molecule has 0 N–H and O–H groups in total. The molecule has 1 nitrogen and oxygen atoms in total. The Hall–Kier alpha value is -2.48. The molecule has 2 radical (unpaired) electrons. The van der Waals surface area contributed by atoms with Crippen molar-refractivity contribution in [1.29, 1.82) is 0 Å². The lowest BCUT2D eigenvalue weighted by Gasteiger charge is -2.01. The van der Waals surface area contributed by atoms with Crippen molar-refractivity contribution in [2.75, 3.05) is 0 Å². The van der Waals surface area contributed by atoms with Crippen LogP contribution in [0.4, 0.5) is 0 Å². The largest absolute Gasteiger partial charge is 0.456 e. The van der Waals surface area contributed by atoms with E-state index in [4.69, 9.17) is 27.3 Å². The molecule has 0 unspecified atom stereocenters. The first kappa shape index (κ1) is 4.82. The summed E-state index contributed by atoms with van der Waals surface area (Å²) in [4.78, 5) is 0. The zero-order valence-electron chi connectivity index (χ0n) is 21.0. The molecule has 3 aromatic carbocycles. The first-order valence-corrected chi connectivity index (χ1v) is 5.70. The van der Waals surface area contributed by atoms with Gasteiger partial charge in [0, 0.05) is 10.8 Å². The molecule has 0 fully saturated rings. The quantitative estimate of drug-likeness (QED) is 0.473. The van der Waals surface area contributed by atoms with E-state index in [1.165, 1.54) is 0 Å². The van der Waals surface area contributed by atoms with Gasteiger partial charge in [0.25, 0.3) is 0 Å². The highest BCUT2D eigenvalue weighted by molar-refractivity contribution is 6.33. The summed E-state index contributed by atoms with van der Waals surface area (Å²) in [5, 5.41) is -0.295. The van der Waals surface area contributed by atoms with E-state index in [1.54, 1.807) is 0 Å². The molecule has 0 aliphatic rings. The molecule has 1 heterocycles. The Kier molecular flexibility index (Phi) is 1.03. The Morgan fingerprint density at radius 1 is 0.750 bits per heavy atom. The van der Waals surface area contributed by atoms with Gasteiger partial charge < -0.3 is 4.42 Å². The predicted octanol–water partition coefficient (Wildman–Crippen LogP) is 4.05. The fraction of sp³-hybridized carbons (Fsp3) is 0. The van der Waals surface area contributed by atoms with Gasteiger partial charge in [-0.2, -0.15) is 0 Å². The van der Waals surface area contributed by atoms with Gasteiger partial charge in [0.1, 0.15) is 19.0 Å². The average Bonchev–Trinajstić information content (AvgIpc) is 3.15. The first-order valence-electron chi connectivity index (χ1n) is 11.2. The molecule has 1 aromatic heterocycles. The predicted molar refractivity (Wildman–Crippen MR) is 84.5 cm³/mol. The van der Waals surface area contributed by atoms with Crippen LogP contribution < -0.4 is 5.46 Å². The highest BCUT2D eigenvalue weighted by Crippen LogP contribution is 2.31. The number of hydrogen-bond donors (Lipinski definition) is 0. The van der Waals surface area contributed by atoms with Crippen molar-refractivity contribution in [1.82, 2.24) is 0 Å². The summed E-state index contributed by atoms with van der Waals surface area (Å²) in [6, 6.07) is -6.21. The Bertz CT molecular complexity index is 1430. The number of rotatable bonds is 1. The summed E-state index contributed by atoms with van der Waals surface area (Å²) in [6.07, 6.45) is 0. The maximum atomic E-state index is 8.66. The van der Waals surface area contributed by atoms with Crippen molar-refractivity contribution in [2.45, 2.75) is 0 Å². The molecule has 0 bridgehead atoms. The lowest BCUT2D eigenvalue weighted by molar-refractivity contribution is 0.669. The van der Waals surface area contributed by atoms with E-state index in [0.29, 0.717) is 0 Å². The van der Waals surface area contributed by atoms with E-state index in [-0.39, 0.29) is 27.4 Å². The maximum Gasteiger partial charge on any atom is 0.135 e. The van der Waals surface area contributed by atoms with Gasteiger partial charge >= 0.3 is 0 Å². The molecule has 0 aliphatic heterocycles. The van der Waals surface area contributed by atoms with Crippen LogP contribution in [0.5, 0.6) is 0 Å². The Labute approximate surface area is 133 Å². The molecule has 92 valence electrons. The van der Waals surface area contributed by atoms with Crippen molar-refractivity contribution in [3.05, 3.63) is 66.5 Å². The monoisotopic (exact) mass is 265 g/mol. The zero-order chi connectivity index (χ0) is 23.1. The van der Waals surface area contributed by atoms with Gasteiger partial charge in [-0.15, -0.1) is 0 Å². The van der Waals surface area contributed by atoms with Crippen LogP contribution in [0, 0.1) is 0 Å². The lowest BCUT2D eigenvalue weighted by Crippen LogP contribution is -1.98. The Morgan fingerprint density at radius 3 is 2.45 bits per heavy atom. The van der Waals surface area contributed by atoms with Crippen LogP contribution in [0.1, 0.15) is 15.1 Å². The minimum absolute atomic E-state index is 0.133. The van der Waals surface area contributed by atoms with Gasteiger partial charge in [0.2, 0.25) is 0 Å². The van der Waals surface area contributed by atoms with Gasteiger partial charge in [0.15, 0.2) is 0 Å². The number of benzene rings is 3. The summed E-state index contributed by atoms with van der Waals surface area (Å²) < 4.78 is 95.0. The molecule has 4 rings (SSSR count). The second-order valence-corrected chi connectivity index (χ2v) is 4.05. The molecular formula is C18H11BO. The second kappa shape index (κ2) is 4.27. The van der Waals surface area contributed by atoms with E-state index in [2.05, 4.69) is 0 Å². The SMILES string of the molecule is [2H]c1c([2H])c([2H])c(-c2c([2H])c([2H])c3oc4c([2H])c([B])c([2H])c([2H])c4c3c2[2H])c([2H])c1[2H]. The van der Waals surface area contributed by atoms with Crippen molar-refractivity contribution >= 4 is 35.2 Å². The summed E-state index contributed by atoms with van der Waals surface area (Å²) in [6.45, 7) is 0. The zero-order valence-corrected chi connectivity index (χ0v) is 9.99. The van der Waals surface area contributed by atoms with Crippen LogP contribution in [0.15, 0.2) is 70.9 Å². The van der Waals surface area contributed by atoms with Gasteiger partial charge in [-0.05, 0) is 29.3 Å². The first-order chi connectivity index (χ1) is 14.4. The summed E-state index contributed by atoms with van der Waals surface area (Å²) in [5.74, 6) is 0. The second-order valence-electron chi connectivity index (χ2n) is 4.05. The molecule has 0 atom stereocenters. The van der Waals surface area contributed by atoms with Crippen LogP contribution in [-0.2, 0) is 0 Å². The fourth-order valence-corrected chi connectivity index (χ4v) is 1.90. The highest BCUT2D eigenvalue weighted by atomic mass is 16.3. The third-order valence-electron chi connectivity index (χ3n) is 2.78. The van der Waals surface area contributed by atoms with Gasteiger partial charge in [-0.1, -0.05) is 53.8 Å². The van der Waals surface area contributed by atoms with Gasteiger partial charge in [0.05, 0.1) is 15.1 Å². The minimum atomic E-state index is -0.658. The van der Waals surface area contributed by atoms with E-state index < -0.39 is 77.6 Å². The standard InChI is InChI=1S/C18H11BO/c19-14-7-8-15-16-10-13(12-4-2-1-3-5-12)6-9-17(16)20-18(15)11-14/h1-11H/i1D,2D,3D,4D,5D,6D,7D,8D,9D,10D,11D. The van der Waals surface area contributed by atoms with E-state index in [0.717, 1.165) is 0 Å². The third-order valence-corrected chi connectivity index (χ3v) is 2.78. The summed E-state index contributed by atoms with van der Waals surface area (Å²) in [5.41, 5.74) is -1.65. The third kappa shape index (κ3) is 1.73. The molecule has 0 saturated carbocycles. The highest BCUT2D eigenvalue weighted by Gasteiger charge is 2.08. The molecule has 0 aliphatic carbocycles. The van der Waals surface area contributed by atoms with Crippen LogP contribution in [0.3, 0.4) is 0 Å². The van der Waals surface area contributed by atoms with Crippen molar-refractivity contribution < 1.29 is 19.5 Å². The van der Waals surface area contributed by atoms with E-state index in [1.807, 2.05) is 0 Å². The van der Waals surface area contributed by atoms with Gasteiger partial charge in [-0.25, -0.2) is 0 Å². The van der Waals surface area contributed by atoms with Crippen molar-refractivity contribution in [2.24, 2.45) is 0 Å².